The summed E-state index contributed by atoms with van der Waals surface area (Å²) in [5.74, 6) is 0.522. The van der Waals surface area contributed by atoms with Crippen molar-refractivity contribution >= 4 is 5.82 Å². The molecule has 2 aromatic rings. The molecule has 0 aliphatic heterocycles. The maximum absolute atomic E-state index is 5.97. The van der Waals surface area contributed by atoms with Crippen LogP contribution in [0.3, 0.4) is 0 Å². The van der Waals surface area contributed by atoms with E-state index in [2.05, 4.69) is 76.1 Å². The average molecular weight is 286 g/mol. The predicted molar refractivity (Wildman–Crippen MR) is 87.4 cm³/mol. The largest absolute Gasteiger partial charge is 0.381 e. The van der Waals surface area contributed by atoms with Crippen LogP contribution in [0.5, 0.6) is 0 Å². The van der Waals surface area contributed by atoms with E-state index in [0.717, 1.165) is 5.69 Å². The SMILES string of the molecule is CC(C)(C)c1ccc(Cn2nnc(N)c2C(C)(C)C)cc1. The highest BCUT2D eigenvalue weighted by atomic mass is 15.4. The standard InChI is InChI=1S/C17H26N4/c1-16(2,3)13-9-7-12(8-10-13)11-21-14(17(4,5)6)15(18)19-20-21/h7-10H,11,18H2,1-6H3. The first-order valence-corrected chi connectivity index (χ1v) is 7.38. The van der Waals surface area contributed by atoms with Gasteiger partial charge in [0.05, 0.1) is 12.2 Å². The first-order valence-electron chi connectivity index (χ1n) is 7.38. The number of anilines is 1. The fourth-order valence-corrected chi connectivity index (χ4v) is 2.49. The van der Waals surface area contributed by atoms with Crippen molar-refractivity contribution in [3.05, 3.63) is 41.1 Å². The summed E-state index contributed by atoms with van der Waals surface area (Å²) in [6.45, 7) is 13.7. The zero-order chi connectivity index (χ0) is 15.8. The van der Waals surface area contributed by atoms with Crippen molar-refractivity contribution in [1.82, 2.24) is 15.0 Å². The van der Waals surface area contributed by atoms with E-state index in [1.54, 1.807) is 0 Å². The summed E-state index contributed by atoms with van der Waals surface area (Å²) in [6.07, 6.45) is 0. The van der Waals surface area contributed by atoms with Crippen molar-refractivity contribution in [2.75, 3.05) is 5.73 Å². The minimum absolute atomic E-state index is 0.0705. The Balaban J connectivity index is 2.28. The third kappa shape index (κ3) is 3.43. The fraction of sp³-hybridized carbons (Fsp3) is 0.529. The molecule has 0 saturated heterocycles. The smallest absolute Gasteiger partial charge is 0.169 e. The summed E-state index contributed by atoms with van der Waals surface area (Å²) < 4.78 is 1.90. The van der Waals surface area contributed by atoms with Gasteiger partial charge in [-0.2, -0.15) is 0 Å². The van der Waals surface area contributed by atoms with Gasteiger partial charge in [-0.25, -0.2) is 4.68 Å². The summed E-state index contributed by atoms with van der Waals surface area (Å²) in [5, 5.41) is 8.22. The third-order valence-electron chi connectivity index (χ3n) is 3.62. The number of benzene rings is 1. The molecule has 0 aliphatic rings. The summed E-state index contributed by atoms with van der Waals surface area (Å²) in [6, 6.07) is 8.69. The van der Waals surface area contributed by atoms with Gasteiger partial charge in [-0.1, -0.05) is 71.0 Å². The Bertz CT molecular complexity index is 610. The monoisotopic (exact) mass is 286 g/mol. The molecule has 0 saturated carbocycles. The maximum Gasteiger partial charge on any atom is 0.169 e. The van der Waals surface area contributed by atoms with Gasteiger partial charge < -0.3 is 5.73 Å². The number of nitrogen functional groups attached to an aromatic ring is 1. The molecule has 0 aliphatic carbocycles. The van der Waals surface area contributed by atoms with E-state index in [-0.39, 0.29) is 10.8 Å². The van der Waals surface area contributed by atoms with Gasteiger partial charge in [-0.3, -0.25) is 0 Å². The van der Waals surface area contributed by atoms with Crippen LogP contribution in [0.15, 0.2) is 24.3 Å². The minimum Gasteiger partial charge on any atom is -0.381 e. The molecule has 0 fully saturated rings. The summed E-state index contributed by atoms with van der Waals surface area (Å²) in [4.78, 5) is 0. The highest BCUT2D eigenvalue weighted by Crippen LogP contribution is 2.27. The van der Waals surface area contributed by atoms with E-state index in [4.69, 9.17) is 5.73 Å². The second-order valence-electron chi connectivity index (χ2n) is 7.68. The van der Waals surface area contributed by atoms with E-state index < -0.39 is 0 Å². The molecule has 0 amide bonds. The van der Waals surface area contributed by atoms with E-state index in [9.17, 15) is 0 Å². The van der Waals surface area contributed by atoms with E-state index >= 15 is 0 Å². The molecule has 0 bridgehead atoms. The molecule has 2 rings (SSSR count). The second-order valence-corrected chi connectivity index (χ2v) is 7.68. The Morgan fingerprint density at radius 2 is 1.52 bits per heavy atom. The topological polar surface area (TPSA) is 56.7 Å². The molecule has 1 aromatic carbocycles. The quantitative estimate of drug-likeness (QED) is 0.919. The van der Waals surface area contributed by atoms with Gasteiger partial charge in [-0.05, 0) is 16.5 Å². The lowest BCUT2D eigenvalue weighted by atomic mass is 9.86. The zero-order valence-electron chi connectivity index (χ0n) is 13.9. The Morgan fingerprint density at radius 3 is 2.00 bits per heavy atom. The van der Waals surface area contributed by atoms with Crippen LogP contribution in [0.1, 0.15) is 58.4 Å². The predicted octanol–water partition coefficient (Wildman–Crippen LogP) is 3.50. The molecule has 114 valence electrons. The Labute approximate surface area is 127 Å². The normalized spacial score (nSPS) is 12.7. The minimum atomic E-state index is -0.0705. The van der Waals surface area contributed by atoms with Gasteiger partial charge in [-0.15, -0.1) is 5.10 Å². The van der Waals surface area contributed by atoms with Gasteiger partial charge in [0.1, 0.15) is 0 Å². The lowest BCUT2D eigenvalue weighted by Gasteiger charge is -2.21. The van der Waals surface area contributed by atoms with Crippen LogP contribution in [-0.4, -0.2) is 15.0 Å². The summed E-state index contributed by atoms with van der Waals surface area (Å²) >= 11 is 0. The molecule has 1 heterocycles. The Hall–Kier alpha value is -1.84. The molecule has 0 spiro atoms. The Morgan fingerprint density at radius 1 is 0.952 bits per heavy atom. The molecule has 4 heteroatoms. The number of hydrogen-bond acceptors (Lipinski definition) is 3. The average Bonchev–Trinajstić information content (AvgIpc) is 2.69. The number of hydrogen-bond donors (Lipinski definition) is 1. The van der Waals surface area contributed by atoms with Crippen LogP contribution < -0.4 is 5.73 Å². The van der Waals surface area contributed by atoms with Crippen LogP contribution in [0.25, 0.3) is 0 Å². The maximum atomic E-state index is 5.97. The van der Waals surface area contributed by atoms with Crippen LogP contribution in [-0.2, 0) is 17.4 Å². The molecule has 4 nitrogen and oxygen atoms in total. The first kappa shape index (κ1) is 15.5. The third-order valence-corrected chi connectivity index (χ3v) is 3.62. The highest BCUT2D eigenvalue weighted by molar-refractivity contribution is 5.38. The van der Waals surface area contributed by atoms with Gasteiger partial charge in [0, 0.05) is 5.41 Å². The second kappa shape index (κ2) is 5.17. The fourth-order valence-electron chi connectivity index (χ4n) is 2.49. The van der Waals surface area contributed by atoms with E-state index in [1.165, 1.54) is 11.1 Å². The van der Waals surface area contributed by atoms with Gasteiger partial charge in [0.2, 0.25) is 0 Å². The Kier molecular flexibility index (Phi) is 3.83. The lowest BCUT2D eigenvalue weighted by Crippen LogP contribution is -2.20. The van der Waals surface area contributed by atoms with Crippen molar-refractivity contribution in [1.29, 1.82) is 0 Å². The van der Waals surface area contributed by atoms with E-state index in [1.807, 2.05) is 4.68 Å². The van der Waals surface area contributed by atoms with Crippen LogP contribution >= 0.6 is 0 Å². The molecule has 2 N–H and O–H groups in total. The van der Waals surface area contributed by atoms with Gasteiger partial charge in [0.15, 0.2) is 5.82 Å². The van der Waals surface area contributed by atoms with Crippen molar-refractivity contribution in [3.8, 4) is 0 Å². The number of rotatable bonds is 2. The van der Waals surface area contributed by atoms with Crippen LogP contribution in [0.2, 0.25) is 0 Å². The number of nitrogens with zero attached hydrogens (tertiary/aromatic N) is 3. The first-order chi connectivity index (χ1) is 9.59. The summed E-state index contributed by atoms with van der Waals surface area (Å²) in [5.41, 5.74) is 9.60. The van der Waals surface area contributed by atoms with Crippen LogP contribution in [0, 0.1) is 0 Å². The van der Waals surface area contributed by atoms with Crippen molar-refractivity contribution in [3.63, 3.8) is 0 Å². The molecule has 1 aromatic heterocycles. The molecule has 0 unspecified atom stereocenters. The molecule has 0 atom stereocenters. The number of nitrogens with two attached hydrogens (primary N) is 1. The molecular formula is C17H26N4. The number of aromatic nitrogens is 3. The van der Waals surface area contributed by atoms with Crippen molar-refractivity contribution < 1.29 is 0 Å². The lowest BCUT2D eigenvalue weighted by molar-refractivity contribution is 0.502. The highest BCUT2D eigenvalue weighted by Gasteiger charge is 2.24. The van der Waals surface area contributed by atoms with Crippen LogP contribution in [0.4, 0.5) is 5.82 Å². The van der Waals surface area contributed by atoms with Gasteiger partial charge in [0.25, 0.3) is 0 Å². The molecular weight excluding hydrogens is 260 g/mol. The van der Waals surface area contributed by atoms with Crippen molar-refractivity contribution in [2.24, 2.45) is 0 Å². The summed E-state index contributed by atoms with van der Waals surface area (Å²) in [7, 11) is 0. The van der Waals surface area contributed by atoms with Gasteiger partial charge >= 0.3 is 0 Å². The zero-order valence-corrected chi connectivity index (χ0v) is 13.9. The molecule has 21 heavy (non-hydrogen) atoms. The molecule has 0 radical (unpaired) electrons. The van der Waals surface area contributed by atoms with Crippen molar-refractivity contribution in [2.45, 2.75) is 58.9 Å². The van der Waals surface area contributed by atoms with E-state index in [0.29, 0.717) is 12.4 Å².